The van der Waals surface area contributed by atoms with Crippen molar-refractivity contribution in [2.75, 3.05) is 13.7 Å². The van der Waals surface area contributed by atoms with Crippen LogP contribution in [0.5, 0.6) is 0 Å². The molecule has 31 heavy (non-hydrogen) atoms. The van der Waals surface area contributed by atoms with Crippen LogP contribution in [0.3, 0.4) is 0 Å². The predicted molar refractivity (Wildman–Crippen MR) is 116 cm³/mol. The minimum Gasteiger partial charge on any atom is -0.444 e. The molecule has 4 atom stereocenters. The number of likely N-dealkylation sites (N-methyl/N-ethyl adjacent to an activating group) is 1. The molecule has 2 amide bonds. The standard InChI is InChI=1S/C23H36N2O6/c1-15(20(27)16-11-9-8-10-12-16)25(7)19(26)13-18-17(14-29-23(5,6)30-18)24-21(28)31-22(2,3)4/h8-12,15,17-18,20,27H,13-14H2,1-7H3,(H,24,28)/t15-,17-,18+,20+/m1/s1. The predicted octanol–water partition coefficient (Wildman–Crippen LogP) is 3.00. The van der Waals surface area contributed by atoms with Crippen LogP contribution in [0.25, 0.3) is 0 Å². The number of hydrogen-bond donors (Lipinski definition) is 2. The Morgan fingerprint density at radius 1 is 1.29 bits per heavy atom. The third-order valence-electron chi connectivity index (χ3n) is 5.17. The first kappa shape index (κ1) is 25.1. The van der Waals surface area contributed by atoms with E-state index in [1.807, 2.05) is 30.3 Å². The van der Waals surface area contributed by atoms with E-state index in [0.29, 0.717) is 0 Å². The molecule has 0 aromatic heterocycles. The number of nitrogens with zero attached hydrogens (tertiary/aromatic N) is 1. The first-order valence-electron chi connectivity index (χ1n) is 10.6. The lowest BCUT2D eigenvalue weighted by atomic mass is 10.0. The number of hydrogen-bond acceptors (Lipinski definition) is 6. The van der Waals surface area contributed by atoms with E-state index in [0.717, 1.165) is 5.56 Å². The Kier molecular flexibility index (Phi) is 8.08. The summed E-state index contributed by atoms with van der Waals surface area (Å²) in [4.78, 5) is 26.8. The van der Waals surface area contributed by atoms with Crippen molar-refractivity contribution in [3.8, 4) is 0 Å². The maximum atomic E-state index is 13.0. The van der Waals surface area contributed by atoms with Gasteiger partial charge in [-0.25, -0.2) is 4.79 Å². The Morgan fingerprint density at radius 3 is 2.48 bits per heavy atom. The molecule has 0 saturated carbocycles. The van der Waals surface area contributed by atoms with Crippen molar-refractivity contribution in [3.63, 3.8) is 0 Å². The molecular formula is C23H36N2O6. The number of carbonyl (C=O) groups is 2. The topological polar surface area (TPSA) is 97.3 Å². The molecule has 8 nitrogen and oxygen atoms in total. The van der Waals surface area contributed by atoms with Crippen LogP contribution >= 0.6 is 0 Å². The zero-order valence-electron chi connectivity index (χ0n) is 19.5. The van der Waals surface area contributed by atoms with Crippen LogP contribution < -0.4 is 5.32 Å². The summed E-state index contributed by atoms with van der Waals surface area (Å²) in [5, 5.41) is 13.4. The number of benzene rings is 1. The average Bonchev–Trinajstić information content (AvgIpc) is 2.67. The zero-order valence-corrected chi connectivity index (χ0v) is 19.5. The van der Waals surface area contributed by atoms with Crippen molar-refractivity contribution in [2.45, 2.75) is 83.6 Å². The quantitative estimate of drug-likeness (QED) is 0.712. The number of amides is 2. The Hall–Kier alpha value is -2.16. The minimum atomic E-state index is -0.884. The van der Waals surface area contributed by atoms with Gasteiger partial charge in [-0.2, -0.15) is 0 Å². The van der Waals surface area contributed by atoms with Crippen molar-refractivity contribution in [1.29, 1.82) is 0 Å². The average molecular weight is 437 g/mol. The molecule has 1 aliphatic heterocycles. The van der Waals surface area contributed by atoms with Gasteiger partial charge in [0.15, 0.2) is 5.79 Å². The monoisotopic (exact) mass is 436 g/mol. The number of aliphatic hydroxyl groups is 1. The van der Waals surface area contributed by atoms with E-state index in [-0.39, 0.29) is 18.9 Å². The molecule has 2 rings (SSSR count). The number of rotatable bonds is 6. The van der Waals surface area contributed by atoms with E-state index in [2.05, 4.69) is 5.32 Å². The second-order valence-electron chi connectivity index (χ2n) is 9.42. The molecule has 0 aliphatic carbocycles. The van der Waals surface area contributed by atoms with Gasteiger partial charge < -0.3 is 29.5 Å². The van der Waals surface area contributed by atoms with Crippen LogP contribution in [-0.2, 0) is 19.0 Å². The highest BCUT2D eigenvalue weighted by atomic mass is 16.7. The normalized spacial score (nSPS) is 22.8. The lowest BCUT2D eigenvalue weighted by molar-refractivity contribution is -0.282. The summed E-state index contributed by atoms with van der Waals surface area (Å²) < 4.78 is 17.0. The second-order valence-corrected chi connectivity index (χ2v) is 9.42. The Morgan fingerprint density at radius 2 is 1.90 bits per heavy atom. The summed E-state index contributed by atoms with van der Waals surface area (Å²) in [7, 11) is 1.65. The SMILES string of the molecule is C[C@H]([C@H](O)c1ccccc1)N(C)C(=O)C[C@@H]1OC(C)(C)OC[C@H]1NC(=O)OC(C)(C)C. The summed E-state index contributed by atoms with van der Waals surface area (Å²) in [5.41, 5.74) is 0.0939. The summed E-state index contributed by atoms with van der Waals surface area (Å²) in [6.07, 6.45) is -2.00. The molecule has 1 aliphatic rings. The second kappa shape index (κ2) is 9.97. The van der Waals surface area contributed by atoms with E-state index in [4.69, 9.17) is 14.2 Å². The molecule has 1 heterocycles. The van der Waals surface area contributed by atoms with E-state index in [1.54, 1.807) is 48.6 Å². The van der Waals surface area contributed by atoms with Gasteiger partial charge in [0, 0.05) is 7.05 Å². The molecule has 8 heteroatoms. The largest absolute Gasteiger partial charge is 0.444 e. The van der Waals surface area contributed by atoms with Gasteiger partial charge in [-0.1, -0.05) is 30.3 Å². The van der Waals surface area contributed by atoms with Crippen molar-refractivity contribution < 1.29 is 28.9 Å². The number of nitrogens with one attached hydrogen (secondary N) is 1. The molecular weight excluding hydrogens is 400 g/mol. The number of aliphatic hydroxyl groups excluding tert-OH is 1. The molecule has 0 unspecified atom stereocenters. The van der Waals surface area contributed by atoms with E-state index in [1.165, 1.54) is 4.90 Å². The summed E-state index contributed by atoms with van der Waals surface area (Å²) in [6.45, 7) is 10.8. The van der Waals surface area contributed by atoms with E-state index in [9.17, 15) is 14.7 Å². The first-order valence-corrected chi connectivity index (χ1v) is 10.6. The lowest BCUT2D eigenvalue weighted by Crippen LogP contribution is -2.57. The van der Waals surface area contributed by atoms with Crippen LogP contribution in [0.1, 0.15) is 59.6 Å². The summed E-state index contributed by atoms with van der Waals surface area (Å²) >= 11 is 0. The van der Waals surface area contributed by atoms with Crippen LogP contribution in [0.15, 0.2) is 30.3 Å². The summed E-state index contributed by atoms with van der Waals surface area (Å²) in [6, 6.07) is 8.22. The fraction of sp³-hybridized carbons (Fsp3) is 0.652. The van der Waals surface area contributed by atoms with Gasteiger partial charge in [-0.15, -0.1) is 0 Å². The van der Waals surface area contributed by atoms with Crippen molar-refractivity contribution in [3.05, 3.63) is 35.9 Å². The van der Waals surface area contributed by atoms with Crippen molar-refractivity contribution in [1.82, 2.24) is 10.2 Å². The molecule has 1 aromatic rings. The van der Waals surface area contributed by atoms with Gasteiger partial charge in [0.2, 0.25) is 5.91 Å². The van der Waals surface area contributed by atoms with Crippen LogP contribution in [0, 0.1) is 0 Å². The van der Waals surface area contributed by atoms with Crippen LogP contribution in [-0.4, -0.2) is 65.2 Å². The lowest BCUT2D eigenvalue weighted by Gasteiger charge is -2.42. The highest BCUT2D eigenvalue weighted by Gasteiger charge is 2.40. The van der Waals surface area contributed by atoms with Crippen molar-refractivity contribution in [2.24, 2.45) is 0 Å². The number of carbonyl (C=O) groups excluding carboxylic acids is 2. The first-order chi connectivity index (χ1) is 14.3. The van der Waals surface area contributed by atoms with Gasteiger partial charge in [-0.05, 0) is 47.1 Å². The molecule has 0 radical (unpaired) electrons. The smallest absolute Gasteiger partial charge is 0.408 e. The zero-order chi connectivity index (χ0) is 23.4. The maximum Gasteiger partial charge on any atom is 0.408 e. The fourth-order valence-corrected chi connectivity index (χ4v) is 3.34. The molecule has 1 fully saturated rings. The highest BCUT2D eigenvalue weighted by molar-refractivity contribution is 5.77. The van der Waals surface area contributed by atoms with Gasteiger partial charge in [0.25, 0.3) is 0 Å². The van der Waals surface area contributed by atoms with Crippen molar-refractivity contribution >= 4 is 12.0 Å². The highest BCUT2D eigenvalue weighted by Crippen LogP contribution is 2.26. The molecule has 1 saturated heterocycles. The van der Waals surface area contributed by atoms with Gasteiger partial charge in [-0.3, -0.25) is 4.79 Å². The third kappa shape index (κ3) is 7.48. The molecule has 0 spiro atoms. The Balaban J connectivity index is 2.06. The summed E-state index contributed by atoms with van der Waals surface area (Å²) in [5.74, 6) is -1.09. The third-order valence-corrected chi connectivity index (χ3v) is 5.17. The van der Waals surface area contributed by atoms with Gasteiger partial charge >= 0.3 is 6.09 Å². The molecule has 1 aromatic carbocycles. The van der Waals surface area contributed by atoms with Crippen LogP contribution in [0.2, 0.25) is 0 Å². The van der Waals surface area contributed by atoms with Crippen LogP contribution in [0.4, 0.5) is 4.79 Å². The Labute approximate surface area is 184 Å². The molecule has 174 valence electrons. The van der Waals surface area contributed by atoms with E-state index >= 15 is 0 Å². The maximum absolute atomic E-state index is 13.0. The fourth-order valence-electron chi connectivity index (χ4n) is 3.34. The number of alkyl carbamates (subject to hydrolysis) is 1. The minimum absolute atomic E-state index is 0.0234. The van der Waals surface area contributed by atoms with Gasteiger partial charge in [0.05, 0.1) is 37.3 Å². The number of ether oxygens (including phenoxy) is 3. The molecule has 2 N–H and O–H groups in total. The molecule has 0 bridgehead atoms. The van der Waals surface area contributed by atoms with Gasteiger partial charge in [0.1, 0.15) is 5.60 Å². The van der Waals surface area contributed by atoms with E-state index < -0.39 is 41.8 Å². The Bertz CT molecular complexity index is 746.